The molecule has 2 aliphatic rings. The van der Waals surface area contributed by atoms with Crippen molar-refractivity contribution in [3.05, 3.63) is 50.5 Å². The lowest BCUT2D eigenvalue weighted by Crippen LogP contribution is -2.38. The fourth-order valence-electron chi connectivity index (χ4n) is 4.79. The van der Waals surface area contributed by atoms with Gasteiger partial charge in [-0.3, -0.25) is 14.5 Å². The molecule has 0 spiro atoms. The van der Waals surface area contributed by atoms with Crippen molar-refractivity contribution in [2.24, 2.45) is 0 Å². The van der Waals surface area contributed by atoms with Gasteiger partial charge in [-0.1, -0.05) is 6.07 Å². The van der Waals surface area contributed by atoms with Gasteiger partial charge in [0.25, 0.3) is 11.7 Å². The van der Waals surface area contributed by atoms with E-state index in [2.05, 4.69) is 9.88 Å². The van der Waals surface area contributed by atoms with Gasteiger partial charge < -0.3 is 24.5 Å². The van der Waals surface area contributed by atoms with Gasteiger partial charge in [-0.15, -0.1) is 11.3 Å². The van der Waals surface area contributed by atoms with E-state index in [0.29, 0.717) is 43.0 Å². The van der Waals surface area contributed by atoms with Crippen LogP contribution in [0.25, 0.3) is 5.76 Å². The highest BCUT2D eigenvalue weighted by atomic mass is 32.1. The van der Waals surface area contributed by atoms with E-state index in [0.717, 1.165) is 24.5 Å². The molecule has 2 fully saturated rings. The summed E-state index contributed by atoms with van der Waals surface area (Å²) in [7, 11) is 0. The van der Waals surface area contributed by atoms with E-state index in [-0.39, 0.29) is 23.6 Å². The minimum atomic E-state index is -0.718. The Morgan fingerprint density at radius 1 is 1.26 bits per heavy atom. The minimum absolute atomic E-state index is 0.0458. The molecule has 10 heteroatoms. The number of aryl methyl sites for hydroxylation is 1. The number of carbonyl (C=O) groups is 3. The first-order valence-electron chi connectivity index (χ1n) is 11.8. The van der Waals surface area contributed by atoms with Crippen LogP contribution < -0.4 is 0 Å². The van der Waals surface area contributed by atoms with Crippen molar-refractivity contribution in [1.82, 2.24) is 14.8 Å². The lowest BCUT2D eigenvalue weighted by molar-refractivity contribution is -0.140. The summed E-state index contributed by atoms with van der Waals surface area (Å²) < 4.78 is 10.5. The molecule has 2 saturated heterocycles. The maximum Gasteiger partial charge on any atom is 0.355 e. The number of aliphatic hydroxyl groups is 1. The molecule has 0 unspecified atom stereocenters. The zero-order chi connectivity index (χ0) is 25.1. The Morgan fingerprint density at radius 3 is 2.66 bits per heavy atom. The van der Waals surface area contributed by atoms with Crippen LogP contribution in [0.2, 0.25) is 0 Å². The number of aromatic amines is 1. The number of morpholine rings is 1. The number of hydrogen-bond donors (Lipinski definition) is 2. The van der Waals surface area contributed by atoms with Gasteiger partial charge in [0, 0.05) is 42.3 Å². The Balaban J connectivity index is 1.68. The van der Waals surface area contributed by atoms with Crippen LogP contribution in [0, 0.1) is 13.8 Å². The second kappa shape index (κ2) is 10.8. The normalized spacial score (nSPS) is 20.5. The number of H-pyrrole nitrogens is 1. The zero-order valence-electron chi connectivity index (χ0n) is 20.3. The van der Waals surface area contributed by atoms with Crippen LogP contribution in [-0.2, 0) is 19.1 Å². The average molecular weight is 502 g/mol. The van der Waals surface area contributed by atoms with Crippen LogP contribution in [0.15, 0.2) is 23.1 Å². The van der Waals surface area contributed by atoms with Crippen molar-refractivity contribution in [2.75, 3.05) is 46.0 Å². The van der Waals surface area contributed by atoms with Crippen LogP contribution in [-0.4, -0.2) is 83.5 Å². The van der Waals surface area contributed by atoms with Crippen LogP contribution in [0.4, 0.5) is 0 Å². The number of likely N-dealkylation sites (tertiary alicyclic amines) is 1. The van der Waals surface area contributed by atoms with E-state index >= 15 is 0 Å². The average Bonchev–Trinajstić information content (AvgIpc) is 3.53. The summed E-state index contributed by atoms with van der Waals surface area (Å²) in [5.74, 6) is -2.15. The van der Waals surface area contributed by atoms with Crippen LogP contribution >= 0.6 is 11.3 Å². The number of nitrogens with zero attached hydrogens (tertiary/aromatic N) is 2. The molecule has 0 bridgehead atoms. The standard InChI is InChI=1S/C25H31N3O6S/c1-4-34-25(32)20-15(2)18(16(3)26-20)22(29)19-21(17-7-5-14-35-17)28(24(31)23(19)30)9-6-8-27-10-12-33-13-11-27/h5,7,14,21,26,29H,4,6,8-13H2,1-3H3/t21-/m1/s1. The second-order valence-electron chi connectivity index (χ2n) is 8.66. The van der Waals surface area contributed by atoms with E-state index in [4.69, 9.17) is 9.47 Å². The fourth-order valence-corrected chi connectivity index (χ4v) is 5.64. The van der Waals surface area contributed by atoms with Gasteiger partial charge in [-0.25, -0.2) is 4.79 Å². The van der Waals surface area contributed by atoms with Crippen LogP contribution in [0.3, 0.4) is 0 Å². The molecule has 0 aromatic carbocycles. The first kappa shape index (κ1) is 25.2. The molecule has 4 rings (SSSR count). The summed E-state index contributed by atoms with van der Waals surface area (Å²) in [6.45, 7) is 9.60. The number of amides is 1. The Morgan fingerprint density at radius 2 is 2.00 bits per heavy atom. The van der Waals surface area contributed by atoms with Crippen molar-refractivity contribution in [2.45, 2.75) is 33.2 Å². The number of ketones is 1. The Hall–Kier alpha value is -2.95. The topological polar surface area (TPSA) is 112 Å². The van der Waals surface area contributed by atoms with Gasteiger partial charge in [0.15, 0.2) is 0 Å². The lowest BCUT2D eigenvalue weighted by atomic mass is 9.97. The number of hydrogen-bond acceptors (Lipinski definition) is 8. The Labute approximate surface area is 208 Å². The molecule has 0 aliphatic carbocycles. The van der Waals surface area contributed by atoms with E-state index in [1.54, 1.807) is 25.7 Å². The number of aliphatic hydroxyl groups excluding tert-OH is 1. The van der Waals surface area contributed by atoms with Crippen LogP contribution in [0.5, 0.6) is 0 Å². The summed E-state index contributed by atoms with van der Waals surface area (Å²) in [6.07, 6.45) is 0.699. The highest BCUT2D eigenvalue weighted by Crippen LogP contribution is 2.42. The van der Waals surface area contributed by atoms with Gasteiger partial charge in [0.05, 0.1) is 31.4 Å². The summed E-state index contributed by atoms with van der Waals surface area (Å²) in [4.78, 5) is 46.3. The maximum absolute atomic E-state index is 13.2. The van der Waals surface area contributed by atoms with Gasteiger partial charge in [0.2, 0.25) is 0 Å². The molecular formula is C25H31N3O6S. The molecule has 2 N–H and O–H groups in total. The quantitative estimate of drug-likeness (QED) is 0.247. The molecule has 2 aromatic heterocycles. The molecule has 2 aliphatic heterocycles. The monoisotopic (exact) mass is 501 g/mol. The van der Waals surface area contributed by atoms with E-state index < -0.39 is 23.7 Å². The number of nitrogens with one attached hydrogen (secondary N) is 1. The van der Waals surface area contributed by atoms with Gasteiger partial charge in [-0.2, -0.15) is 0 Å². The van der Waals surface area contributed by atoms with E-state index in [1.165, 1.54) is 11.3 Å². The second-order valence-corrected chi connectivity index (χ2v) is 9.64. The molecule has 2 aromatic rings. The van der Waals surface area contributed by atoms with Gasteiger partial charge in [0.1, 0.15) is 11.5 Å². The third-order valence-electron chi connectivity index (χ3n) is 6.48. The molecule has 0 radical (unpaired) electrons. The summed E-state index contributed by atoms with van der Waals surface area (Å²) in [5.41, 5.74) is 1.61. The number of thiophene rings is 1. The third kappa shape index (κ3) is 4.91. The lowest BCUT2D eigenvalue weighted by Gasteiger charge is -2.28. The summed E-state index contributed by atoms with van der Waals surface area (Å²) >= 11 is 1.43. The Kier molecular flexibility index (Phi) is 7.73. The van der Waals surface area contributed by atoms with Crippen molar-refractivity contribution in [1.29, 1.82) is 0 Å². The molecule has 1 atom stereocenters. The summed E-state index contributed by atoms with van der Waals surface area (Å²) in [5, 5.41) is 13.3. The van der Waals surface area contributed by atoms with Crippen molar-refractivity contribution in [3.8, 4) is 0 Å². The van der Waals surface area contributed by atoms with Gasteiger partial charge in [-0.05, 0) is 44.2 Å². The first-order valence-corrected chi connectivity index (χ1v) is 12.7. The number of ether oxygens (including phenoxy) is 2. The number of aromatic nitrogens is 1. The van der Waals surface area contributed by atoms with Crippen molar-refractivity contribution < 1.29 is 29.0 Å². The minimum Gasteiger partial charge on any atom is -0.507 e. The van der Waals surface area contributed by atoms with Gasteiger partial charge >= 0.3 is 5.97 Å². The number of rotatable bonds is 8. The fraction of sp³-hybridized carbons (Fsp3) is 0.480. The van der Waals surface area contributed by atoms with Crippen LogP contribution in [0.1, 0.15) is 51.6 Å². The molecule has 4 heterocycles. The molecule has 188 valence electrons. The molecule has 0 saturated carbocycles. The van der Waals surface area contributed by atoms with Crippen molar-refractivity contribution >= 4 is 34.8 Å². The zero-order valence-corrected chi connectivity index (χ0v) is 21.1. The number of Topliss-reactive ketones (excluding diaryl/α,β-unsaturated/α-hetero) is 1. The highest BCUT2D eigenvalue weighted by Gasteiger charge is 2.46. The number of esters is 1. The van der Waals surface area contributed by atoms with Crippen molar-refractivity contribution in [3.63, 3.8) is 0 Å². The van der Waals surface area contributed by atoms with E-state index in [1.807, 2.05) is 17.5 Å². The van der Waals surface area contributed by atoms with E-state index in [9.17, 15) is 19.5 Å². The molecule has 1 amide bonds. The third-order valence-corrected chi connectivity index (χ3v) is 7.41. The largest absolute Gasteiger partial charge is 0.507 e. The first-order chi connectivity index (χ1) is 16.8. The SMILES string of the molecule is CCOC(=O)c1[nH]c(C)c(C(O)=C2C(=O)C(=O)N(CCCN3CCOCC3)[C@@H]2c2cccs2)c1C. The molecular weight excluding hydrogens is 470 g/mol. The number of carbonyl (C=O) groups excluding carboxylic acids is 3. The predicted molar refractivity (Wildman–Crippen MR) is 131 cm³/mol. The highest BCUT2D eigenvalue weighted by molar-refractivity contribution is 7.10. The maximum atomic E-state index is 13.2. The predicted octanol–water partition coefficient (Wildman–Crippen LogP) is 3.01. The molecule has 35 heavy (non-hydrogen) atoms. The Bertz CT molecular complexity index is 1130. The smallest absolute Gasteiger partial charge is 0.355 e. The summed E-state index contributed by atoms with van der Waals surface area (Å²) in [6, 6.07) is 3.04. The molecule has 9 nitrogen and oxygen atoms in total.